The van der Waals surface area contributed by atoms with E-state index in [1.807, 2.05) is 25.1 Å². The van der Waals surface area contributed by atoms with Gasteiger partial charge in [-0.3, -0.25) is 9.59 Å². The number of nitrogens with zero attached hydrogens (tertiary/aromatic N) is 2. The summed E-state index contributed by atoms with van der Waals surface area (Å²) >= 11 is 6.26. The van der Waals surface area contributed by atoms with Crippen LogP contribution < -0.4 is 4.74 Å². The number of likely N-dealkylation sites (tertiary alicyclic amines) is 1. The van der Waals surface area contributed by atoms with Crippen LogP contribution in [0.2, 0.25) is 5.02 Å². The molecule has 0 unspecified atom stereocenters. The molecule has 7 heteroatoms. The van der Waals surface area contributed by atoms with Crippen molar-refractivity contribution in [3.63, 3.8) is 0 Å². The number of benzene rings is 2. The highest BCUT2D eigenvalue weighted by atomic mass is 35.5. The lowest BCUT2D eigenvalue weighted by Gasteiger charge is -2.27. The van der Waals surface area contributed by atoms with E-state index >= 15 is 0 Å². The molecule has 0 aliphatic carbocycles. The Morgan fingerprint density at radius 1 is 1.18 bits per heavy atom. The first-order valence-electron chi connectivity index (χ1n) is 11.9. The molecule has 1 fully saturated rings. The first-order chi connectivity index (χ1) is 16.3. The molecule has 34 heavy (non-hydrogen) atoms. The summed E-state index contributed by atoms with van der Waals surface area (Å²) in [5.74, 6) is -0.649. The van der Waals surface area contributed by atoms with E-state index in [0.717, 1.165) is 43.8 Å². The number of ketones is 1. The molecule has 0 saturated carbocycles. The van der Waals surface area contributed by atoms with Gasteiger partial charge in [0.1, 0.15) is 17.6 Å². The standard InChI is InChI=1S/C27H31ClN2O4/c1-4-29(5-2)12-7-13-30-24(18-8-6-9-21(28)16-18)23(26(32)27(30)33)25(31)19-10-11-22-20(15-19)14-17(3)34-22/h6,8-11,15-17,24,31H,4-5,7,12-14H2,1-3H3/t17-,24+/m1/s1. The van der Waals surface area contributed by atoms with Gasteiger partial charge in [-0.25, -0.2) is 0 Å². The van der Waals surface area contributed by atoms with E-state index in [1.165, 1.54) is 0 Å². The number of halogens is 1. The van der Waals surface area contributed by atoms with Gasteiger partial charge in [-0.15, -0.1) is 0 Å². The molecule has 0 bridgehead atoms. The maximum atomic E-state index is 13.2. The number of carbonyl (C=O) groups is 2. The summed E-state index contributed by atoms with van der Waals surface area (Å²) in [7, 11) is 0. The molecule has 2 aliphatic heterocycles. The maximum Gasteiger partial charge on any atom is 0.295 e. The largest absolute Gasteiger partial charge is 0.507 e. The van der Waals surface area contributed by atoms with Crippen molar-refractivity contribution in [2.75, 3.05) is 26.2 Å². The van der Waals surface area contributed by atoms with Crippen LogP contribution in [0, 0.1) is 0 Å². The van der Waals surface area contributed by atoms with Gasteiger partial charge in [-0.2, -0.15) is 0 Å². The van der Waals surface area contributed by atoms with Gasteiger partial charge in [-0.1, -0.05) is 37.6 Å². The number of Topliss-reactive ketones (excluding diaryl/α,β-unsaturated/α-hetero) is 1. The summed E-state index contributed by atoms with van der Waals surface area (Å²) in [6, 6.07) is 11.8. The second-order valence-electron chi connectivity index (χ2n) is 8.88. The highest BCUT2D eigenvalue weighted by Crippen LogP contribution is 2.41. The predicted octanol–water partition coefficient (Wildman–Crippen LogP) is 4.82. The summed E-state index contributed by atoms with van der Waals surface area (Å²) in [6.45, 7) is 9.27. The summed E-state index contributed by atoms with van der Waals surface area (Å²) in [5.41, 5.74) is 2.28. The van der Waals surface area contributed by atoms with Crippen molar-refractivity contribution in [3.8, 4) is 5.75 Å². The molecule has 2 aromatic rings. The zero-order chi connectivity index (χ0) is 24.4. The number of hydrogen-bond acceptors (Lipinski definition) is 5. The second kappa shape index (κ2) is 10.2. The quantitative estimate of drug-likeness (QED) is 0.332. The molecule has 0 radical (unpaired) electrons. The molecule has 6 nitrogen and oxygen atoms in total. The van der Waals surface area contributed by atoms with Crippen LogP contribution in [0.4, 0.5) is 0 Å². The second-order valence-corrected chi connectivity index (χ2v) is 9.32. The fourth-order valence-electron chi connectivity index (χ4n) is 4.86. The molecule has 0 spiro atoms. The summed E-state index contributed by atoms with van der Waals surface area (Å²) < 4.78 is 5.76. The minimum absolute atomic E-state index is 0.0650. The maximum absolute atomic E-state index is 13.2. The van der Waals surface area contributed by atoms with Gasteiger partial charge in [0.15, 0.2) is 0 Å². The molecule has 2 aliphatic rings. The molecule has 1 saturated heterocycles. The Morgan fingerprint density at radius 2 is 1.94 bits per heavy atom. The lowest BCUT2D eigenvalue weighted by Crippen LogP contribution is -2.33. The lowest BCUT2D eigenvalue weighted by atomic mass is 9.94. The molecule has 4 rings (SSSR count). The molecular weight excluding hydrogens is 452 g/mol. The van der Waals surface area contributed by atoms with E-state index < -0.39 is 17.7 Å². The minimum atomic E-state index is -0.696. The van der Waals surface area contributed by atoms with Crippen molar-refractivity contribution in [3.05, 3.63) is 69.8 Å². The third-order valence-corrected chi connectivity index (χ3v) is 6.88. The molecule has 180 valence electrons. The smallest absolute Gasteiger partial charge is 0.295 e. The van der Waals surface area contributed by atoms with Gasteiger partial charge in [0, 0.05) is 23.6 Å². The average Bonchev–Trinajstić information content (AvgIpc) is 3.32. The topological polar surface area (TPSA) is 70.1 Å². The van der Waals surface area contributed by atoms with Gasteiger partial charge >= 0.3 is 0 Å². The Kier molecular flexibility index (Phi) is 7.29. The van der Waals surface area contributed by atoms with Gasteiger partial charge in [-0.05, 0) is 74.4 Å². The van der Waals surface area contributed by atoms with Crippen LogP contribution in [0.15, 0.2) is 48.0 Å². The highest BCUT2D eigenvalue weighted by Gasteiger charge is 2.46. The van der Waals surface area contributed by atoms with Gasteiger partial charge in [0.25, 0.3) is 11.7 Å². The van der Waals surface area contributed by atoms with E-state index in [1.54, 1.807) is 29.2 Å². The summed E-state index contributed by atoms with van der Waals surface area (Å²) in [6.07, 6.45) is 1.52. The normalized spacial score (nSPS) is 21.3. The molecule has 1 N–H and O–H groups in total. The Bertz CT molecular complexity index is 1130. The van der Waals surface area contributed by atoms with Crippen LogP contribution in [0.25, 0.3) is 5.76 Å². The Hall–Kier alpha value is -2.83. The highest BCUT2D eigenvalue weighted by molar-refractivity contribution is 6.46. The fraction of sp³-hybridized carbons (Fsp3) is 0.407. The molecule has 2 atom stereocenters. The Balaban J connectivity index is 1.73. The third-order valence-electron chi connectivity index (χ3n) is 6.64. The van der Waals surface area contributed by atoms with Crippen molar-refractivity contribution >= 4 is 29.1 Å². The predicted molar refractivity (Wildman–Crippen MR) is 133 cm³/mol. The molecule has 0 aromatic heterocycles. The van der Waals surface area contributed by atoms with E-state index in [-0.39, 0.29) is 17.4 Å². The molecule has 2 heterocycles. The zero-order valence-electron chi connectivity index (χ0n) is 19.9. The van der Waals surface area contributed by atoms with Crippen LogP contribution in [0.3, 0.4) is 0 Å². The van der Waals surface area contributed by atoms with Gasteiger partial charge in [0.05, 0.1) is 11.6 Å². The third kappa shape index (κ3) is 4.70. The SMILES string of the molecule is CCN(CC)CCCN1C(=O)C(=O)C(=C(O)c2ccc3c(c2)C[C@@H](C)O3)[C@@H]1c1cccc(Cl)c1. The first kappa shape index (κ1) is 24.3. The van der Waals surface area contributed by atoms with Crippen LogP contribution in [0.1, 0.15) is 49.9 Å². The van der Waals surface area contributed by atoms with E-state index in [0.29, 0.717) is 22.7 Å². The van der Waals surface area contributed by atoms with Crippen molar-refractivity contribution in [1.29, 1.82) is 0 Å². The summed E-state index contributed by atoms with van der Waals surface area (Å²) in [5, 5.41) is 11.8. The van der Waals surface area contributed by atoms with Crippen LogP contribution in [-0.2, 0) is 16.0 Å². The molecule has 1 amide bonds. The fourth-order valence-corrected chi connectivity index (χ4v) is 5.06. The number of amides is 1. The molecular formula is C27H31ClN2O4. The summed E-state index contributed by atoms with van der Waals surface area (Å²) in [4.78, 5) is 30.2. The lowest BCUT2D eigenvalue weighted by molar-refractivity contribution is -0.140. The average molecular weight is 483 g/mol. The molecule has 2 aromatic carbocycles. The number of rotatable bonds is 8. The van der Waals surface area contributed by atoms with Crippen molar-refractivity contribution in [2.45, 2.75) is 45.8 Å². The van der Waals surface area contributed by atoms with Crippen molar-refractivity contribution in [1.82, 2.24) is 9.80 Å². The number of fused-ring (bicyclic) bond motifs is 1. The number of carbonyl (C=O) groups excluding carboxylic acids is 2. The van der Waals surface area contributed by atoms with Gasteiger partial charge < -0.3 is 19.6 Å². The number of ether oxygens (including phenoxy) is 1. The van der Waals surface area contributed by atoms with Crippen molar-refractivity contribution in [2.24, 2.45) is 0 Å². The Labute approximate surface area is 205 Å². The minimum Gasteiger partial charge on any atom is -0.507 e. The Morgan fingerprint density at radius 3 is 2.65 bits per heavy atom. The van der Waals surface area contributed by atoms with E-state index in [4.69, 9.17) is 16.3 Å². The first-order valence-corrected chi connectivity index (χ1v) is 12.3. The number of aliphatic hydroxyl groups is 1. The van der Waals surface area contributed by atoms with E-state index in [2.05, 4.69) is 18.7 Å². The van der Waals surface area contributed by atoms with Crippen LogP contribution in [0.5, 0.6) is 5.75 Å². The van der Waals surface area contributed by atoms with Crippen LogP contribution >= 0.6 is 11.6 Å². The van der Waals surface area contributed by atoms with E-state index in [9.17, 15) is 14.7 Å². The number of aliphatic hydroxyl groups excluding tert-OH is 1. The van der Waals surface area contributed by atoms with Crippen LogP contribution in [-0.4, -0.2) is 58.9 Å². The number of hydrogen-bond donors (Lipinski definition) is 1. The van der Waals surface area contributed by atoms with Crippen molar-refractivity contribution < 1.29 is 19.4 Å². The zero-order valence-corrected chi connectivity index (χ0v) is 20.6. The monoisotopic (exact) mass is 482 g/mol. The van der Waals surface area contributed by atoms with Gasteiger partial charge in [0.2, 0.25) is 0 Å².